The molecule has 1 rings (SSSR count). The van der Waals surface area contributed by atoms with E-state index in [9.17, 15) is 4.79 Å². The molecule has 0 saturated carbocycles. The van der Waals surface area contributed by atoms with Gasteiger partial charge in [0.15, 0.2) is 6.29 Å². The van der Waals surface area contributed by atoms with Gasteiger partial charge in [0.05, 0.1) is 11.9 Å². The molecule has 0 saturated heterocycles. The van der Waals surface area contributed by atoms with Crippen LogP contribution >= 0.6 is 15.9 Å². The fourth-order valence-electron chi connectivity index (χ4n) is 0.557. The van der Waals surface area contributed by atoms with Gasteiger partial charge in [-0.1, -0.05) is 0 Å². The first-order chi connectivity index (χ1) is 4.74. The molecule has 0 bridgehead atoms. The molecule has 2 N–H and O–H groups in total. The van der Waals surface area contributed by atoms with Gasteiger partial charge in [-0.2, -0.15) is 0 Å². The van der Waals surface area contributed by atoms with E-state index in [0.717, 1.165) is 0 Å². The lowest BCUT2D eigenvalue weighted by molar-refractivity contribution is 0.112. The molecule has 0 spiro atoms. The van der Waals surface area contributed by atoms with Gasteiger partial charge in [-0.25, -0.2) is 4.98 Å². The number of halogens is 1. The van der Waals surface area contributed by atoms with E-state index < -0.39 is 0 Å². The van der Waals surface area contributed by atoms with Crippen LogP contribution in [0.3, 0.4) is 0 Å². The van der Waals surface area contributed by atoms with Gasteiger partial charge >= 0.3 is 0 Å². The summed E-state index contributed by atoms with van der Waals surface area (Å²) in [6, 6.07) is 1.57. The standard InChI is InChI=1S/C6H5BrN2O/c7-6-1-4(3-10)5(8)2-9-6/h1-3H,8H2. The van der Waals surface area contributed by atoms with Crippen LogP contribution in [0.1, 0.15) is 10.4 Å². The summed E-state index contributed by atoms with van der Waals surface area (Å²) in [5, 5.41) is 0. The van der Waals surface area contributed by atoms with Crippen LogP contribution in [-0.4, -0.2) is 11.3 Å². The van der Waals surface area contributed by atoms with Crippen LogP contribution < -0.4 is 5.73 Å². The average Bonchev–Trinajstić information content (AvgIpc) is 1.94. The van der Waals surface area contributed by atoms with Crippen molar-refractivity contribution >= 4 is 27.9 Å². The van der Waals surface area contributed by atoms with Crippen molar-refractivity contribution in [1.82, 2.24) is 4.98 Å². The first kappa shape index (κ1) is 7.21. The van der Waals surface area contributed by atoms with Crippen LogP contribution in [0.25, 0.3) is 0 Å². The van der Waals surface area contributed by atoms with Gasteiger partial charge in [-0.05, 0) is 22.0 Å². The molecule has 0 atom stereocenters. The maximum Gasteiger partial charge on any atom is 0.152 e. The smallest absolute Gasteiger partial charge is 0.152 e. The van der Waals surface area contributed by atoms with Crippen molar-refractivity contribution in [3.05, 3.63) is 22.4 Å². The van der Waals surface area contributed by atoms with E-state index in [1.165, 1.54) is 6.20 Å². The van der Waals surface area contributed by atoms with Crippen LogP contribution in [0.2, 0.25) is 0 Å². The summed E-state index contributed by atoms with van der Waals surface area (Å²) in [5.74, 6) is 0. The molecule has 0 aliphatic carbocycles. The molecule has 52 valence electrons. The first-order valence-electron chi connectivity index (χ1n) is 2.60. The summed E-state index contributed by atoms with van der Waals surface area (Å²) in [4.78, 5) is 14.1. The Balaban J connectivity index is 3.21. The third-order valence-corrected chi connectivity index (χ3v) is 1.50. The number of hydrogen-bond donors (Lipinski definition) is 1. The number of pyridine rings is 1. The molecule has 0 fully saturated rings. The molecular formula is C6H5BrN2O. The lowest BCUT2D eigenvalue weighted by Crippen LogP contribution is -1.93. The van der Waals surface area contributed by atoms with Crippen molar-refractivity contribution in [3.63, 3.8) is 0 Å². The van der Waals surface area contributed by atoms with E-state index in [1.807, 2.05) is 0 Å². The highest BCUT2D eigenvalue weighted by Gasteiger charge is 1.97. The lowest BCUT2D eigenvalue weighted by Gasteiger charge is -1.95. The van der Waals surface area contributed by atoms with Gasteiger partial charge in [-0.3, -0.25) is 4.79 Å². The van der Waals surface area contributed by atoms with Crippen LogP contribution in [0.5, 0.6) is 0 Å². The van der Waals surface area contributed by atoms with Crippen LogP contribution in [0.15, 0.2) is 16.9 Å². The van der Waals surface area contributed by atoms with Gasteiger partial charge in [0.1, 0.15) is 4.60 Å². The molecule has 0 amide bonds. The molecule has 3 nitrogen and oxygen atoms in total. The van der Waals surface area contributed by atoms with E-state index in [2.05, 4.69) is 20.9 Å². The van der Waals surface area contributed by atoms with Crippen LogP contribution in [0, 0.1) is 0 Å². The Morgan fingerprint density at radius 2 is 2.40 bits per heavy atom. The normalized spacial score (nSPS) is 9.30. The Kier molecular flexibility index (Phi) is 2.01. The molecule has 1 heterocycles. The zero-order valence-electron chi connectivity index (χ0n) is 5.04. The summed E-state index contributed by atoms with van der Waals surface area (Å²) in [5.41, 5.74) is 6.25. The van der Waals surface area contributed by atoms with Crippen molar-refractivity contribution in [3.8, 4) is 0 Å². The van der Waals surface area contributed by atoms with Crippen molar-refractivity contribution in [2.75, 3.05) is 5.73 Å². The van der Waals surface area contributed by atoms with Gasteiger partial charge in [0.25, 0.3) is 0 Å². The first-order valence-corrected chi connectivity index (χ1v) is 3.39. The second-order valence-corrected chi connectivity index (χ2v) is 2.57. The maximum absolute atomic E-state index is 10.3. The minimum atomic E-state index is 0.401. The van der Waals surface area contributed by atoms with E-state index in [1.54, 1.807) is 6.07 Å². The summed E-state index contributed by atoms with van der Waals surface area (Å²) in [6.07, 6.45) is 2.13. The van der Waals surface area contributed by atoms with E-state index in [-0.39, 0.29) is 0 Å². The Bertz CT molecular complexity index is 262. The SMILES string of the molecule is Nc1cnc(Br)cc1C=O. The second kappa shape index (κ2) is 2.79. The molecule has 1 aromatic rings. The van der Waals surface area contributed by atoms with E-state index in [4.69, 9.17) is 5.73 Å². The largest absolute Gasteiger partial charge is 0.397 e. The molecule has 0 aromatic carbocycles. The topological polar surface area (TPSA) is 56.0 Å². The molecule has 0 aliphatic rings. The maximum atomic E-state index is 10.3. The number of hydrogen-bond acceptors (Lipinski definition) is 3. The predicted molar refractivity (Wildman–Crippen MR) is 41.7 cm³/mol. The molecule has 0 aliphatic heterocycles. The summed E-state index contributed by atoms with van der Waals surface area (Å²) < 4.78 is 0.615. The molecular weight excluding hydrogens is 196 g/mol. The molecule has 0 unspecified atom stereocenters. The number of nitrogens with zero attached hydrogens (tertiary/aromatic N) is 1. The highest BCUT2D eigenvalue weighted by molar-refractivity contribution is 9.10. The van der Waals surface area contributed by atoms with Crippen molar-refractivity contribution < 1.29 is 4.79 Å². The summed E-state index contributed by atoms with van der Waals surface area (Å²) >= 11 is 3.11. The third kappa shape index (κ3) is 1.33. The molecule has 1 aromatic heterocycles. The second-order valence-electron chi connectivity index (χ2n) is 1.75. The van der Waals surface area contributed by atoms with Crippen molar-refractivity contribution in [2.45, 2.75) is 0 Å². The minimum Gasteiger partial charge on any atom is -0.397 e. The van der Waals surface area contributed by atoms with Gasteiger partial charge in [0.2, 0.25) is 0 Å². The number of rotatable bonds is 1. The van der Waals surface area contributed by atoms with Crippen LogP contribution in [0.4, 0.5) is 5.69 Å². The Labute approximate surface area is 66.4 Å². The fourth-order valence-corrected chi connectivity index (χ4v) is 0.906. The monoisotopic (exact) mass is 200 g/mol. The van der Waals surface area contributed by atoms with E-state index in [0.29, 0.717) is 22.1 Å². The average molecular weight is 201 g/mol. The van der Waals surface area contributed by atoms with Gasteiger partial charge < -0.3 is 5.73 Å². The predicted octanol–water partition coefficient (Wildman–Crippen LogP) is 1.24. The van der Waals surface area contributed by atoms with Crippen molar-refractivity contribution in [1.29, 1.82) is 0 Å². The highest BCUT2D eigenvalue weighted by atomic mass is 79.9. The molecule has 4 heteroatoms. The number of carbonyl (C=O) groups excluding carboxylic acids is 1. The van der Waals surface area contributed by atoms with Gasteiger partial charge in [0, 0.05) is 5.56 Å². The van der Waals surface area contributed by atoms with Crippen molar-refractivity contribution in [2.24, 2.45) is 0 Å². The molecule has 10 heavy (non-hydrogen) atoms. The minimum absolute atomic E-state index is 0.401. The summed E-state index contributed by atoms with van der Waals surface area (Å²) in [6.45, 7) is 0. The van der Waals surface area contributed by atoms with E-state index >= 15 is 0 Å². The number of nitrogens with two attached hydrogens (primary N) is 1. The quantitative estimate of drug-likeness (QED) is 0.549. The zero-order valence-corrected chi connectivity index (χ0v) is 6.63. The highest BCUT2D eigenvalue weighted by Crippen LogP contribution is 2.12. The number of aromatic nitrogens is 1. The zero-order chi connectivity index (χ0) is 7.56. The van der Waals surface area contributed by atoms with Gasteiger partial charge in [-0.15, -0.1) is 0 Å². The lowest BCUT2D eigenvalue weighted by atomic mass is 10.2. The number of carbonyl (C=O) groups is 1. The Hall–Kier alpha value is -0.900. The van der Waals surface area contributed by atoms with Crippen LogP contribution in [-0.2, 0) is 0 Å². The number of anilines is 1. The number of nitrogen functional groups attached to an aromatic ring is 1. The third-order valence-electron chi connectivity index (χ3n) is 1.06. The number of aldehydes is 1. The molecule has 0 radical (unpaired) electrons. The Morgan fingerprint density at radius 3 is 2.90 bits per heavy atom. The fraction of sp³-hybridized carbons (Fsp3) is 0. The Morgan fingerprint density at radius 1 is 1.70 bits per heavy atom. The summed E-state index contributed by atoms with van der Waals surface area (Å²) in [7, 11) is 0.